The van der Waals surface area contributed by atoms with Crippen molar-refractivity contribution in [2.45, 2.75) is 25.3 Å². The zero-order chi connectivity index (χ0) is 16.4. The van der Waals surface area contributed by atoms with Crippen molar-refractivity contribution in [1.29, 1.82) is 0 Å². The van der Waals surface area contributed by atoms with E-state index in [-0.39, 0.29) is 5.78 Å². The van der Waals surface area contributed by atoms with Crippen molar-refractivity contribution in [2.24, 2.45) is 0 Å². The molecule has 0 aliphatic carbocycles. The molecule has 3 fully saturated rings. The van der Waals surface area contributed by atoms with Crippen LogP contribution in [0.1, 0.15) is 28.8 Å². The number of rotatable bonds is 4. The van der Waals surface area contributed by atoms with E-state index >= 15 is 0 Å². The Balaban J connectivity index is 1.46. The van der Waals surface area contributed by atoms with E-state index in [4.69, 9.17) is 0 Å². The molecule has 24 heavy (non-hydrogen) atoms. The molecule has 3 saturated heterocycles. The van der Waals surface area contributed by atoms with Crippen molar-refractivity contribution >= 4 is 11.7 Å². The minimum absolute atomic E-state index is 0.105. The number of anilines is 1. The fourth-order valence-electron chi connectivity index (χ4n) is 3.65. The van der Waals surface area contributed by atoms with Gasteiger partial charge in [0.15, 0.2) is 5.78 Å². The first-order chi connectivity index (χ1) is 11.8. The van der Waals surface area contributed by atoms with Gasteiger partial charge in [0.25, 0.3) is 0 Å². The summed E-state index contributed by atoms with van der Waals surface area (Å²) in [5.74, 6) is 0.910. The highest BCUT2D eigenvalue weighted by atomic mass is 16.1. The van der Waals surface area contributed by atoms with E-state index in [0.717, 1.165) is 30.2 Å². The predicted octanol–water partition coefficient (Wildman–Crippen LogP) is 2.19. The van der Waals surface area contributed by atoms with Gasteiger partial charge in [-0.3, -0.25) is 4.79 Å². The molecule has 0 atom stereocenters. The second-order valence-electron chi connectivity index (χ2n) is 6.62. The highest BCUT2D eigenvalue weighted by Gasteiger charge is 2.30. The quantitative estimate of drug-likeness (QED) is 0.808. The van der Waals surface area contributed by atoms with Crippen molar-refractivity contribution in [3.05, 3.63) is 53.9 Å². The number of carbonyl (C=O) groups is 1. The Morgan fingerprint density at radius 2 is 1.71 bits per heavy atom. The van der Waals surface area contributed by atoms with Gasteiger partial charge in [-0.05, 0) is 18.4 Å². The number of hydrogen-bond donors (Lipinski definition) is 0. The van der Waals surface area contributed by atoms with E-state index < -0.39 is 0 Å². The summed E-state index contributed by atoms with van der Waals surface area (Å²) in [5.41, 5.74) is 1.61. The maximum absolute atomic E-state index is 12.3. The van der Waals surface area contributed by atoms with E-state index in [2.05, 4.69) is 19.8 Å². The number of Topliss-reactive ketones (excluding diaryl/α,β-unsaturated/α-hetero) is 1. The van der Waals surface area contributed by atoms with Gasteiger partial charge in [-0.25, -0.2) is 9.97 Å². The lowest BCUT2D eigenvalue weighted by atomic mass is 10.1. The summed E-state index contributed by atoms with van der Waals surface area (Å²) in [4.78, 5) is 26.2. The number of hydrogen-bond acceptors (Lipinski definition) is 5. The number of fused-ring (bicyclic) bond motifs is 4. The molecule has 124 valence electrons. The number of carbonyl (C=O) groups excluding carboxylic acids is 1. The number of piperidine rings is 1. The van der Waals surface area contributed by atoms with E-state index in [1.165, 1.54) is 25.9 Å². The third kappa shape index (κ3) is 3.17. The Kier molecular flexibility index (Phi) is 4.26. The molecule has 1 aromatic heterocycles. The summed E-state index contributed by atoms with van der Waals surface area (Å²) in [6.45, 7) is 4.46. The van der Waals surface area contributed by atoms with Gasteiger partial charge < -0.3 is 9.80 Å². The first-order valence-corrected chi connectivity index (χ1v) is 8.68. The largest absolute Gasteiger partial charge is 0.336 e. The Hall–Kier alpha value is -2.27. The van der Waals surface area contributed by atoms with Gasteiger partial charge in [-0.1, -0.05) is 30.3 Å². The molecule has 5 rings (SSSR count). The van der Waals surface area contributed by atoms with Crippen molar-refractivity contribution < 1.29 is 4.79 Å². The lowest BCUT2D eigenvalue weighted by Crippen LogP contribution is -2.38. The number of aromatic nitrogens is 2. The Labute approximate surface area is 142 Å². The second kappa shape index (κ2) is 6.69. The molecule has 0 amide bonds. The molecule has 4 heterocycles. The molecule has 0 spiro atoms. The molecule has 1 aromatic carbocycles. The van der Waals surface area contributed by atoms with Crippen LogP contribution in [-0.4, -0.2) is 52.9 Å². The van der Waals surface area contributed by atoms with Gasteiger partial charge in [0.2, 0.25) is 5.95 Å². The molecule has 5 heteroatoms. The fraction of sp³-hybridized carbons (Fsp3) is 0.421. The van der Waals surface area contributed by atoms with Gasteiger partial charge in [0.1, 0.15) is 0 Å². The Morgan fingerprint density at radius 1 is 1.00 bits per heavy atom. The maximum Gasteiger partial charge on any atom is 0.225 e. The van der Waals surface area contributed by atoms with Gasteiger partial charge in [-0.15, -0.1) is 0 Å². The zero-order valence-corrected chi connectivity index (χ0v) is 13.8. The van der Waals surface area contributed by atoms with Crippen molar-refractivity contribution in [3.63, 3.8) is 0 Å². The van der Waals surface area contributed by atoms with Crippen LogP contribution in [0, 0.1) is 0 Å². The SMILES string of the molecule is O=C(Cc1cnc(N2CCN3CCC2CC3)nc1)c1ccccc1. The normalized spacial score (nSPS) is 23.1. The van der Waals surface area contributed by atoms with E-state index in [1.54, 1.807) is 12.4 Å². The van der Waals surface area contributed by atoms with Crippen LogP contribution in [0.15, 0.2) is 42.7 Å². The van der Waals surface area contributed by atoms with Crippen LogP contribution in [-0.2, 0) is 6.42 Å². The predicted molar refractivity (Wildman–Crippen MR) is 93.3 cm³/mol. The van der Waals surface area contributed by atoms with Crippen LogP contribution in [0.2, 0.25) is 0 Å². The molecule has 0 N–H and O–H groups in total. The standard InChI is InChI=1S/C19H22N4O/c24-18(16-4-2-1-3-5-16)12-15-13-20-19(21-14-15)23-11-10-22-8-6-17(23)7-9-22/h1-5,13-14,17H,6-12H2. The first-order valence-electron chi connectivity index (χ1n) is 8.68. The summed E-state index contributed by atoms with van der Waals surface area (Å²) in [6, 6.07) is 9.94. The topological polar surface area (TPSA) is 49.3 Å². The van der Waals surface area contributed by atoms with Gasteiger partial charge in [0.05, 0.1) is 0 Å². The van der Waals surface area contributed by atoms with Crippen LogP contribution in [0.3, 0.4) is 0 Å². The van der Waals surface area contributed by atoms with Crippen molar-refractivity contribution in [3.8, 4) is 0 Å². The number of ketones is 1. The van der Waals surface area contributed by atoms with E-state index in [1.807, 2.05) is 30.3 Å². The van der Waals surface area contributed by atoms with Crippen LogP contribution in [0.5, 0.6) is 0 Å². The molecule has 5 nitrogen and oxygen atoms in total. The molecular formula is C19H22N4O. The smallest absolute Gasteiger partial charge is 0.225 e. The van der Waals surface area contributed by atoms with Gasteiger partial charge >= 0.3 is 0 Å². The Bertz CT molecular complexity index is 693. The van der Waals surface area contributed by atoms with Crippen LogP contribution in [0.25, 0.3) is 0 Å². The molecule has 3 aliphatic heterocycles. The van der Waals surface area contributed by atoms with Crippen molar-refractivity contribution in [2.75, 3.05) is 31.1 Å². The molecule has 0 unspecified atom stereocenters. The third-order valence-electron chi connectivity index (χ3n) is 5.06. The average molecular weight is 322 g/mol. The Morgan fingerprint density at radius 3 is 2.42 bits per heavy atom. The summed E-state index contributed by atoms with van der Waals surface area (Å²) >= 11 is 0. The highest BCUT2D eigenvalue weighted by Crippen LogP contribution is 2.24. The lowest BCUT2D eigenvalue weighted by Gasteiger charge is -2.31. The highest BCUT2D eigenvalue weighted by molar-refractivity contribution is 5.97. The van der Waals surface area contributed by atoms with Crippen molar-refractivity contribution in [1.82, 2.24) is 14.9 Å². The van der Waals surface area contributed by atoms with Gasteiger partial charge in [0, 0.05) is 56.6 Å². The summed E-state index contributed by atoms with van der Waals surface area (Å²) in [5, 5.41) is 0. The maximum atomic E-state index is 12.3. The lowest BCUT2D eigenvalue weighted by molar-refractivity contribution is 0.0993. The van der Waals surface area contributed by atoms with E-state index in [0.29, 0.717) is 12.5 Å². The average Bonchev–Trinajstić information content (AvgIpc) is 2.97. The summed E-state index contributed by atoms with van der Waals surface area (Å²) in [6.07, 6.45) is 6.35. The second-order valence-corrected chi connectivity index (χ2v) is 6.62. The van der Waals surface area contributed by atoms with Crippen LogP contribution >= 0.6 is 0 Å². The molecule has 2 bridgehead atoms. The summed E-state index contributed by atoms with van der Waals surface area (Å²) < 4.78 is 0. The van der Waals surface area contributed by atoms with Gasteiger partial charge in [-0.2, -0.15) is 0 Å². The number of nitrogens with zero attached hydrogens (tertiary/aromatic N) is 4. The van der Waals surface area contributed by atoms with Crippen LogP contribution in [0.4, 0.5) is 5.95 Å². The minimum Gasteiger partial charge on any atom is -0.336 e. The zero-order valence-electron chi connectivity index (χ0n) is 13.8. The minimum atomic E-state index is 0.105. The molecular weight excluding hydrogens is 300 g/mol. The molecule has 3 aliphatic rings. The fourth-order valence-corrected chi connectivity index (χ4v) is 3.65. The third-order valence-corrected chi connectivity index (χ3v) is 5.06. The van der Waals surface area contributed by atoms with E-state index in [9.17, 15) is 4.79 Å². The first kappa shape index (κ1) is 15.3. The monoisotopic (exact) mass is 322 g/mol. The number of benzene rings is 1. The summed E-state index contributed by atoms with van der Waals surface area (Å²) in [7, 11) is 0. The molecule has 2 aromatic rings. The van der Waals surface area contributed by atoms with Crippen LogP contribution < -0.4 is 4.90 Å². The molecule has 0 saturated carbocycles. The molecule has 0 radical (unpaired) electrons.